The van der Waals surface area contributed by atoms with Gasteiger partial charge in [0, 0.05) is 14.8 Å². The first-order valence-electron chi connectivity index (χ1n) is 8.32. The number of amides is 1. The number of carbonyl (C=O) groups is 2. The number of nitrogens with one attached hydrogen (secondary N) is 1. The fourth-order valence-corrected chi connectivity index (χ4v) is 3.99. The molecular formula is C19H19ClN2O3S. The molecule has 2 N–H and O–H groups in total. The first-order valence-corrected chi connectivity index (χ1v) is 9.51. The van der Waals surface area contributed by atoms with Crippen molar-refractivity contribution in [1.29, 1.82) is 0 Å². The maximum atomic E-state index is 12.4. The van der Waals surface area contributed by atoms with Gasteiger partial charge in [-0.3, -0.25) is 14.5 Å². The summed E-state index contributed by atoms with van der Waals surface area (Å²) in [6.45, 7) is 0.711. The number of nitrogens with zero attached hydrogens (tertiary/aromatic N) is 1. The number of carboxylic acid groups (broad SMARTS) is 1. The van der Waals surface area contributed by atoms with Crippen molar-refractivity contribution in [2.45, 2.75) is 28.7 Å². The van der Waals surface area contributed by atoms with Gasteiger partial charge in [-0.05, 0) is 55.8 Å². The van der Waals surface area contributed by atoms with Gasteiger partial charge in [0.25, 0.3) is 0 Å². The van der Waals surface area contributed by atoms with E-state index in [4.69, 9.17) is 11.6 Å². The molecule has 7 heteroatoms. The summed E-state index contributed by atoms with van der Waals surface area (Å²) in [4.78, 5) is 27.3. The topological polar surface area (TPSA) is 69.6 Å². The lowest BCUT2D eigenvalue weighted by atomic mass is 10.2. The highest BCUT2D eigenvalue weighted by Gasteiger charge is 2.31. The Kier molecular flexibility index (Phi) is 6.19. The first kappa shape index (κ1) is 18.8. The van der Waals surface area contributed by atoms with Crippen molar-refractivity contribution in [1.82, 2.24) is 4.90 Å². The van der Waals surface area contributed by atoms with Gasteiger partial charge in [0.2, 0.25) is 5.91 Å². The normalized spacial score (nSPS) is 17.2. The van der Waals surface area contributed by atoms with Gasteiger partial charge in [-0.15, -0.1) is 0 Å². The van der Waals surface area contributed by atoms with Crippen LogP contribution in [0.4, 0.5) is 5.69 Å². The van der Waals surface area contributed by atoms with Gasteiger partial charge in [0.05, 0.1) is 12.2 Å². The zero-order chi connectivity index (χ0) is 18.5. The minimum absolute atomic E-state index is 0.0803. The third kappa shape index (κ3) is 4.78. The molecule has 0 radical (unpaired) electrons. The van der Waals surface area contributed by atoms with Crippen LogP contribution in [0, 0.1) is 0 Å². The molecule has 3 rings (SSSR count). The largest absolute Gasteiger partial charge is 0.480 e. The number of hydrogen-bond donors (Lipinski definition) is 2. The monoisotopic (exact) mass is 390 g/mol. The SMILES string of the molecule is O=C(CN1CCC[C@@H]1C(=O)O)Nc1ccccc1Sc1ccc(Cl)cc1. The van der Waals surface area contributed by atoms with Gasteiger partial charge in [-0.2, -0.15) is 0 Å². The Morgan fingerprint density at radius 3 is 2.65 bits per heavy atom. The number of aliphatic carboxylic acids is 1. The number of para-hydroxylation sites is 1. The van der Waals surface area contributed by atoms with Crippen molar-refractivity contribution in [2.24, 2.45) is 0 Å². The molecule has 0 spiro atoms. The lowest BCUT2D eigenvalue weighted by Gasteiger charge is -2.20. The number of benzene rings is 2. The molecule has 1 aliphatic heterocycles. The van der Waals surface area contributed by atoms with Crippen molar-refractivity contribution in [3.05, 3.63) is 53.6 Å². The summed E-state index contributed by atoms with van der Waals surface area (Å²) in [5, 5.41) is 12.8. The molecule has 1 fully saturated rings. The summed E-state index contributed by atoms with van der Waals surface area (Å²) in [6, 6.07) is 14.5. The van der Waals surface area contributed by atoms with Crippen molar-refractivity contribution < 1.29 is 14.7 Å². The Morgan fingerprint density at radius 1 is 1.19 bits per heavy atom. The van der Waals surface area contributed by atoms with E-state index in [2.05, 4.69) is 5.32 Å². The second-order valence-electron chi connectivity index (χ2n) is 6.07. The van der Waals surface area contributed by atoms with E-state index in [1.54, 1.807) is 4.90 Å². The Morgan fingerprint density at radius 2 is 1.92 bits per heavy atom. The number of likely N-dealkylation sites (tertiary alicyclic amines) is 1. The highest BCUT2D eigenvalue weighted by Crippen LogP contribution is 2.34. The molecule has 1 heterocycles. The highest BCUT2D eigenvalue weighted by molar-refractivity contribution is 7.99. The van der Waals surface area contributed by atoms with Gasteiger partial charge in [-0.25, -0.2) is 0 Å². The van der Waals surface area contributed by atoms with Crippen LogP contribution in [0.15, 0.2) is 58.3 Å². The molecule has 5 nitrogen and oxygen atoms in total. The van der Waals surface area contributed by atoms with Crippen LogP contribution in [0.2, 0.25) is 5.02 Å². The lowest BCUT2D eigenvalue weighted by Crippen LogP contribution is -2.40. The number of halogens is 1. The number of carbonyl (C=O) groups excluding carboxylic acids is 1. The van der Waals surface area contributed by atoms with E-state index in [-0.39, 0.29) is 12.5 Å². The van der Waals surface area contributed by atoms with Gasteiger partial charge in [0.15, 0.2) is 0 Å². The smallest absolute Gasteiger partial charge is 0.320 e. The van der Waals surface area contributed by atoms with Crippen LogP contribution in [0.25, 0.3) is 0 Å². The fraction of sp³-hybridized carbons (Fsp3) is 0.263. The summed E-state index contributed by atoms with van der Waals surface area (Å²) < 4.78 is 0. The van der Waals surface area contributed by atoms with Crippen LogP contribution >= 0.6 is 23.4 Å². The predicted octanol–water partition coefficient (Wildman–Crippen LogP) is 3.98. The molecule has 0 aromatic heterocycles. The molecule has 136 valence electrons. The molecule has 0 aliphatic carbocycles. The Balaban J connectivity index is 1.67. The van der Waals surface area contributed by atoms with Gasteiger partial charge >= 0.3 is 5.97 Å². The molecule has 0 unspecified atom stereocenters. The van der Waals surface area contributed by atoms with Crippen molar-refractivity contribution in [3.8, 4) is 0 Å². The van der Waals surface area contributed by atoms with Crippen LogP contribution in [0.3, 0.4) is 0 Å². The molecule has 26 heavy (non-hydrogen) atoms. The predicted molar refractivity (Wildman–Crippen MR) is 103 cm³/mol. The minimum atomic E-state index is -0.867. The molecule has 2 aromatic carbocycles. The quantitative estimate of drug-likeness (QED) is 0.780. The van der Waals surface area contributed by atoms with Crippen LogP contribution in [-0.4, -0.2) is 41.0 Å². The van der Waals surface area contributed by atoms with E-state index in [0.29, 0.717) is 23.7 Å². The summed E-state index contributed by atoms with van der Waals surface area (Å²) in [7, 11) is 0. The molecule has 1 aliphatic rings. The minimum Gasteiger partial charge on any atom is -0.480 e. The van der Waals surface area contributed by atoms with Crippen LogP contribution in [-0.2, 0) is 9.59 Å². The van der Waals surface area contributed by atoms with Crippen LogP contribution in [0.5, 0.6) is 0 Å². The van der Waals surface area contributed by atoms with E-state index in [1.165, 1.54) is 11.8 Å². The second kappa shape index (κ2) is 8.58. The summed E-state index contributed by atoms with van der Waals surface area (Å²) in [5.41, 5.74) is 0.712. The zero-order valence-electron chi connectivity index (χ0n) is 14.0. The van der Waals surface area contributed by atoms with E-state index in [1.807, 2.05) is 48.5 Å². The van der Waals surface area contributed by atoms with E-state index in [9.17, 15) is 14.7 Å². The third-order valence-electron chi connectivity index (χ3n) is 4.20. The second-order valence-corrected chi connectivity index (χ2v) is 7.62. The van der Waals surface area contributed by atoms with Gasteiger partial charge in [0.1, 0.15) is 6.04 Å². The van der Waals surface area contributed by atoms with Crippen LogP contribution in [0.1, 0.15) is 12.8 Å². The Bertz CT molecular complexity index is 798. The maximum absolute atomic E-state index is 12.4. The average molecular weight is 391 g/mol. The molecular weight excluding hydrogens is 372 g/mol. The summed E-state index contributed by atoms with van der Waals surface area (Å²) >= 11 is 7.45. The summed E-state index contributed by atoms with van der Waals surface area (Å²) in [5.74, 6) is -1.07. The maximum Gasteiger partial charge on any atom is 0.320 e. The number of anilines is 1. The average Bonchev–Trinajstić information content (AvgIpc) is 3.07. The molecule has 0 bridgehead atoms. The molecule has 1 saturated heterocycles. The van der Waals surface area contributed by atoms with E-state index in [0.717, 1.165) is 16.2 Å². The standard InChI is InChI=1S/C19H19ClN2O3S/c20-13-7-9-14(10-8-13)26-17-6-2-1-4-15(17)21-18(23)12-22-11-3-5-16(22)19(24)25/h1-2,4,6-10,16H,3,5,11-12H2,(H,21,23)(H,24,25)/t16-/m1/s1. The number of carboxylic acids is 1. The summed E-state index contributed by atoms with van der Waals surface area (Å²) in [6.07, 6.45) is 1.39. The van der Waals surface area contributed by atoms with Crippen molar-refractivity contribution in [3.63, 3.8) is 0 Å². The van der Waals surface area contributed by atoms with Crippen molar-refractivity contribution >= 4 is 40.9 Å². The zero-order valence-corrected chi connectivity index (χ0v) is 15.6. The molecule has 2 aromatic rings. The molecule has 1 atom stereocenters. The Hall–Kier alpha value is -2.02. The Labute approximate surface area is 161 Å². The van der Waals surface area contributed by atoms with Gasteiger partial charge < -0.3 is 10.4 Å². The molecule has 1 amide bonds. The number of rotatable bonds is 6. The first-order chi connectivity index (χ1) is 12.5. The molecule has 0 saturated carbocycles. The van der Waals surface area contributed by atoms with E-state index >= 15 is 0 Å². The van der Waals surface area contributed by atoms with Crippen LogP contribution < -0.4 is 5.32 Å². The fourth-order valence-electron chi connectivity index (χ4n) is 2.96. The highest BCUT2D eigenvalue weighted by atomic mass is 35.5. The van der Waals surface area contributed by atoms with E-state index < -0.39 is 12.0 Å². The van der Waals surface area contributed by atoms with Gasteiger partial charge in [-0.1, -0.05) is 35.5 Å². The lowest BCUT2D eigenvalue weighted by molar-refractivity contribution is -0.142. The third-order valence-corrected chi connectivity index (χ3v) is 5.53. The van der Waals surface area contributed by atoms with Crippen molar-refractivity contribution in [2.75, 3.05) is 18.4 Å². The number of hydrogen-bond acceptors (Lipinski definition) is 4.